The van der Waals surface area contributed by atoms with Crippen molar-refractivity contribution >= 4 is 23.6 Å². The van der Waals surface area contributed by atoms with Crippen LogP contribution in [0.3, 0.4) is 0 Å². The minimum absolute atomic E-state index is 0.0272. The molecule has 2 aromatic carbocycles. The minimum Gasteiger partial charge on any atom is -0.447 e. The number of hydrogen-bond donors (Lipinski definition) is 0. The van der Waals surface area contributed by atoms with Crippen LogP contribution in [0.5, 0.6) is 0 Å². The van der Waals surface area contributed by atoms with Crippen LogP contribution >= 0.6 is 11.6 Å². The lowest BCUT2D eigenvalue weighted by Gasteiger charge is -2.42. The third-order valence-corrected chi connectivity index (χ3v) is 7.78. The van der Waals surface area contributed by atoms with E-state index < -0.39 is 23.1 Å². The van der Waals surface area contributed by atoms with Gasteiger partial charge in [-0.15, -0.1) is 11.6 Å². The van der Waals surface area contributed by atoms with Crippen molar-refractivity contribution in [1.29, 1.82) is 0 Å². The summed E-state index contributed by atoms with van der Waals surface area (Å²) in [5, 5.41) is 0. The molecule has 0 spiro atoms. The SMILES string of the molecule is CC(C)OC(=O)N1CCC(CN(C(=O)CCl)C(c2cc(-c3cc(F)ccc3F)cn2Cc2ccccc2)C(C)(C)C)C1. The number of ether oxygens (including phenoxy) is 1. The Balaban J connectivity index is 1.76. The third kappa shape index (κ3) is 7.51. The van der Waals surface area contributed by atoms with E-state index in [1.807, 2.05) is 61.0 Å². The Kier molecular flexibility index (Phi) is 9.97. The van der Waals surface area contributed by atoms with Crippen LogP contribution in [0.25, 0.3) is 11.1 Å². The summed E-state index contributed by atoms with van der Waals surface area (Å²) in [5.74, 6) is -1.47. The predicted octanol–water partition coefficient (Wildman–Crippen LogP) is 7.50. The summed E-state index contributed by atoms with van der Waals surface area (Å²) < 4.78 is 36.6. The highest BCUT2D eigenvalue weighted by Crippen LogP contribution is 2.42. The van der Waals surface area contributed by atoms with Gasteiger partial charge < -0.3 is 19.1 Å². The quantitative estimate of drug-likeness (QED) is 0.239. The Morgan fingerprint density at radius 2 is 1.81 bits per heavy atom. The Bertz CT molecular complexity index is 1390. The molecule has 0 N–H and O–H groups in total. The maximum Gasteiger partial charge on any atom is 0.410 e. The van der Waals surface area contributed by atoms with Crippen molar-refractivity contribution in [2.75, 3.05) is 25.5 Å². The average molecular weight is 600 g/mol. The molecule has 0 bridgehead atoms. The van der Waals surface area contributed by atoms with Crippen molar-refractivity contribution in [3.8, 4) is 11.1 Å². The highest BCUT2D eigenvalue weighted by atomic mass is 35.5. The van der Waals surface area contributed by atoms with Gasteiger partial charge in [-0.1, -0.05) is 51.1 Å². The van der Waals surface area contributed by atoms with Crippen molar-refractivity contribution in [2.45, 2.75) is 59.7 Å². The van der Waals surface area contributed by atoms with E-state index in [4.69, 9.17) is 16.3 Å². The van der Waals surface area contributed by atoms with Crippen LogP contribution in [0.4, 0.5) is 13.6 Å². The zero-order valence-electron chi connectivity index (χ0n) is 24.9. The monoisotopic (exact) mass is 599 g/mol. The molecule has 0 aliphatic carbocycles. The molecule has 4 rings (SSSR count). The smallest absolute Gasteiger partial charge is 0.410 e. The van der Waals surface area contributed by atoms with E-state index in [1.54, 1.807) is 9.80 Å². The summed E-state index contributed by atoms with van der Waals surface area (Å²) in [6, 6.07) is 14.7. The molecule has 1 aromatic heterocycles. The molecule has 1 aliphatic rings. The lowest BCUT2D eigenvalue weighted by atomic mass is 9.82. The fourth-order valence-electron chi connectivity index (χ4n) is 5.74. The summed E-state index contributed by atoms with van der Waals surface area (Å²) in [4.78, 5) is 29.6. The van der Waals surface area contributed by atoms with Crippen LogP contribution in [-0.4, -0.2) is 58.0 Å². The first-order valence-corrected chi connectivity index (χ1v) is 14.9. The van der Waals surface area contributed by atoms with Crippen molar-refractivity contribution in [2.24, 2.45) is 11.3 Å². The number of aromatic nitrogens is 1. The third-order valence-electron chi connectivity index (χ3n) is 7.55. The van der Waals surface area contributed by atoms with E-state index in [-0.39, 0.29) is 35.5 Å². The van der Waals surface area contributed by atoms with Crippen molar-refractivity contribution in [3.63, 3.8) is 0 Å². The van der Waals surface area contributed by atoms with Crippen LogP contribution in [0.15, 0.2) is 60.8 Å². The molecule has 3 aromatic rings. The van der Waals surface area contributed by atoms with Gasteiger partial charge in [-0.25, -0.2) is 13.6 Å². The number of likely N-dealkylation sites (tertiary alicyclic amines) is 1. The van der Waals surface area contributed by atoms with Gasteiger partial charge in [-0.2, -0.15) is 0 Å². The fraction of sp³-hybridized carbons (Fsp3) is 0.455. The molecule has 42 heavy (non-hydrogen) atoms. The van der Waals surface area contributed by atoms with Gasteiger partial charge in [0.1, 0.15) is 17.5 Å². The normalized spacial score (nSPS) is 16.1. The Labute approximate surface area is 252 Å². The number of hydrogen-bond acceptors (Lipinski definition) is 3. The number of halogens is 3. The first-order chi connectivity index (χ1) is 19.9. The second kappa shape index (κ2) is 13.3. The van der Waals surface area contributed by atoms with E-state index in [2.05, 4.69) is 20.8 Å². The molecule has 1 fully saturated rings. The molecule has 226 valence electrons. The molecule has 0 saturated carbocycles. The van der Waals surface area contributed by atoms with E-state index in [0.717, 1.165) is 29.8 Å². The van der Waals surface area contributed by atoms with Crippen LogP contribution in [0, 0.1) is 23.0 Å². The Hall–Kier alpha value is -3.39. The molecule has 2 heterocycles. The molecule has 9 heteroatoms. The second-order valence-corrected chi connectivity index (χ2v) is 12.6. The van der Waals surface area contributed by atoms with Crippen molar-refractivity contribution < 1.29 is 23.1 Å². The lowest BCUT2D eigenvalue weighted by Crippen LogP contribution is -2.45. The van der Waals surface area contributed by atoms with Gasteiger partial charge in [0.2, 0.25) is 5.91 Å². The molecule has 2 atom stereocenters. The number of carbonyl (C=O) groups excluding carboxylic acids is 2. The van der Waals surface area contributed by atoms with Gasteiger partial charge in [0.05, 0.1) is 12.1 Å². The Morgan fingerprint density at radius 3 is 2.45 bits per heavy atom. The first kappa shape index (κ1) is 31.5. The van der Waals surface area contributed by atoms with Gasteiger partial charge in [0.25, 0.3) is 0 Å². The highest BCUT2D eigenvalue weighted by Gasteiger charge is 2.39. The largest absolute Gasteiger partial charge is 0.447 e. The maximum atomic E-state index is 15.0. The fourth-order valence-corrected chi connectivity index (χ4v) is 5.90. The number of nitrogens with zero attached hydrogens (tertiary/aromatic N) is 3. The van der Waals surface area contributed by atoms with E-state index >= 15 is 0 Å². The number of amides is 2. The van der Waals surface area contributed by atoms with E-state index in [9.17, 15) is 18.4 Å². The summed E-state index contributed by atoms with van der Waals surface area (Å²) in [6.45, 7) is 11.7. The molecular weight excluding hydrogens is 560 g/mol. The van der Waals surface area contributed by atoms with Gasteiger partial charge >= 0.3 is 6.09 Å². The van der Waals surface area contributed by atoms with Crippen LogP contribution in [-0.2, 0) is 16.1 Å². The van der Waals surface area contributed by atoms with Gasteiger partial charge in [-0.05, 0) is 61.4 Å². The van der Waals surface area contributed by atoms with Crippen LogP contribution in [0.1, 0.15) is 58.3 Å². The Morgan fingerprint density at radius 1 is 1.10 bits per heavy atom. The van der Waals surface area contributed by atoms with Gasteiger partial charge in [0, 0.05) is 49.2 Å². The highest BCUT2D eigenvalue weighted by molar-refractivity contribution is 6.27. The molecule has 6 nitrogen and oxygen atoms in total. The maximum absolute atomic E-state index is 15.0. The molecule has 1 aliphatic heterocycles. The molecule has 2 amide bonds. The molecule has 2 unspecified atom stereocenters. The van der Waals surface area contributed by atoms with Gasteiger partial charge in [-0.3, -0.25) is 4.79 Å². The summed E-state index contributed by atoms with van der Waals surface area (Å²) in [7, 11) is 0. The number of benzene rings is 2. The second-order valence-electron chi connectivity index (χ2n) is 12.4. The number of carbonyl (C=O) groups is 2. The molecule has 0 radical (unpaired) electrons. The topological polar surface area (TPSA) is 54.8 Å². The zero-order chi connectivity index (χ0) is 30.6. The van der Waals surface area contributed by atoms with Crippen molar-refractivity contribution in [1.82, 2.24) is 14.4 Å². The van der Waals surface area contributed by atoms with Crippen molar-refractivity contribution in [3.05, 3.63) is 83.7 Å². The van der Waals surface area contributed by atoms with Crippen LogP contribution < -0.4 is 0 Å². The molecule has 1 saturated heterocycles. The summed E-state index contributed by atoms with van der Waals surface area (Å²) >= 11 is 6.19. The average Bonchev–Trinajstić information content (AvgIpc) is 3.56. The standard InChI is InChI=1S/C33H40ClF2N3O3/c1-22(2)42-32(41)37-14-13-24(19-37)20-39(30(40)17-34)31(33(3,4)5)29-15-25(27-16-26(35)11-12-28(27)36)21-38(29)18-23-9-7-6-8-10-23/h6-12,15-16,21-22,24,31H,13-14,17-20H2,1-5H3. The van der Waals surface area contributed by atoms with Crippen LogP contribution in [0.2, 0.25) is 0 Å². The summed E-state index contributed by atoms with van der Waals surface area (Å²) in [5.41, 5.74) is 2.03. The summed E-state index contributed by atoms with van der Waals surface area (Å²) in [6.07, 6.45) is 1.97. The first-order valence-electron chi connectivity index (χ1n) is 14.4. The lowest BCUT2D eigenvalue weighted by molar-refractivity contribution is -0.134. The zero-order valence-corrected chi connectivity index (χ0v) is 25.7. The number of alkyl halides is 1. The number of rotatable bonds is 9. The predicted molar refractivity (Wildman–Crippen MR) is 161 cm³/mol. The van der Waals surface area contributed by atoms with E-state index in [0.29, 0.717) is 31.7 Å². The molecular formula is C33H40ClF2N3O3. The van der Waals surface area contributed by atoms with E-state index in [1.165, 1.54) is 6.07 Å². The minimum atomic E-state index is -0.531. The van der Waals surface area contributed by atoms with Gasteiger partial charge in [0.15, 0.2) is 0 Å².